The van der Waals surface area contributed by atoms with Crippen LogP contribution in [0.15, 0.2) is 6.20 Å². The number of nitrogen functional groups attached to an aromatic ring is 1. The van der Waals surface area contributed by atoms with Crippen LogP contribution in [0, 0.1) is 0 Å². The molecule has 0 bridgehead atoms. The third kappa shape index (κ3) is 3.34. The molecule has 0 aliphatic rings. The van der Waals surface area contributed by atoms with Gasteiger partial charge in [0, 0.05) is 12.0 Å². The summed E-state index contributed by atoms with van der Waals surface area (Å²) in [5.41, 5.74) is 12.9. The summed E-state index contributed by atoms with van der Waals surface area (Å²) in [6.45, 7) is 7.80. The lowest BCUT2D eigenvalue weighted by atomic mass is 9.91. The number of nitrogens with two attached hydrogens (primary N) is 2. The van der Waals surface area contributed by atoms with E-state index in [0.717, 1.165) is 24.3 Å². The van der Waals surface area contributed by atoms with E-state index in [0.29, 0.717) is 12.5 Å². The molecule has 0 amide bonds. The maximum absolute atomic E-state index is 5.61. The molecule has 0 aromatic carbocycles. The van der Waals surface area contributed by atoms with Crippen LogP contribution in [0.1, 0.15) is 32.9 Å². The molecule has 0 saturated carbocycles. The van der Waals surface area contributed by atoms with Crippen molar-refractivity contribution >= 4 is 11.6 Å². The number of aromatic nitrogens is 2. The average molecular weight is 223 g/mol. The van der Waals surface area contributed by atoms with Gasteiger partial charge in [-0.1, -0.05) is 20.8 Å². The zero-order valence-corrected chi connectivity index (χ0v) is 10.2. The Morgan fingerprint density at radius 2 is 2.06 bits per heavy atom. The van der Waals surface area contributed by atoms with Crippen LogP contribution < -0.4 is 16.8 Å². The number of hydrogen-bond acceptors (Lipinski definition) is 5. The number of nitrogens with one attached hydrogen (secondary N) is 1. The molecule has 5 heteroatoms. The second-order valence-corrected chi connectivity index (χ2v) is 4.81. The molecule has 1 rings (SSSR count). The summed E-state index contributed by atoms with van der Waals surface area (Å²) < 4.78 is 0. The van der Waals surface area contributed by atoms with Gasteiger partial charge >= 0.3 is 0 Å². The number of rotatable bonds is 4. The van der Waals surface area contributed by atoms with E-state index < -0.39 is 0 Å². The maximum atomic E-state index is 5.61. The summed E-state index contributed by atoms with van der Waals surface area (Å²) in [6.07, 6.45) is 2.66. The summed E-state index contributed by atoms with van der Waals surface area (Å²) in [7, 11) is 0. The van der Waals surface area contributed by atoms with Gasteiger partial charge in [-0.2, -0.15) is 0 Å². The average Bonchev–Trinajstić information content (AvgIpc) is 2.19. The largest absolute Gasteiger partial charge is 0.382 e. The molecule has 0 saturated heterocycles. The molecular formula is C11H21N5. The minimum Gasteiger partial charge on any atom is -0.382 e. The Morgan fingerprint density at radius 3 is 2.62 bits per heavy atom. The Kier molecular flexibility index (Phi) is 4.06. The van der Waals surface area contributed by atoms with Crippen LogP contribution in [0.2, 0.25) is 0 Å². The van der Waals surface area contributed by atoms with Crippen molar-refractivity contribution in [1.82, 2.24) is 9.97 Å². The Hall–Kier alpha value is -1.36. The van der Waals surface area contributed by atoms with Crippen LogP contribution in [0.25, 0.3) is 0 Å². The highest BCUT2D eigenvalue weighted by molar-refractivity contribution is 5.50. The fourth-order valence-corrected chi connectivity index (χ4v) is 1.42. The molecule has 0 aliphatic heterocycles. The predicted octanol–water partition coefficient (Wildman–Crippen LogP) is 1.12. The molecule has 1 heterocycles. The topological polar surface area (TPSA) is 89.8 Å². The predicted molar refractivity (Wildman–Crippen MR) is 67.3 cm³/mol. The van der Waals surface area contributed by atoms with Crippen molar-refractivity contribution in [2.24, 2.45) is 5.73 Å². The van der Waals surface area contributed by atoms with Crippen LogP contribution in [0.3, 0.4) is 0 Å². The molecule has 0 unspecified atom stereocenters. The molecule has 5 N–H and O–H groups in total. The molecule has 0 spiro atoms. The molecule has 1 aromatic rings. The van der Waals surface area contributed by atoms with Gasteiger partial charge in [-0.25, -0.2) is 9.97 Å². The van der Waals surface area contributed by atoms with Crippen LogP contribution in [0.4, 0.5) is 11.6 Å². The van der Waals surface area contributed by atoms with Crippen molar-refractivity contribution in [3.8, 4) is 0 Å². The van der Waals surface area contributed by atoms with E-state index in [1.165, 1.54) is 0 Å². The lowest BCUT2D eigenvalue weighted by molar-refractivity contribution is 0.569. The third-order valence-corrected chi connectivity index (χ3v) is 2.21. The summed E-state index contributed by atoms with van der Waals surface area (Å²) in [6, 6.07) is 0. The maximum Gasteiger partial charge on any atom is 0.220 e. The zero-order chi connectivity index (χ0) is 12.2. The van der Waals surface area contributed by atoms with Gasteiger partial charge in [0.05, 0.1) is 17.6 Å². The monoisotopic (exact) mass is 223 g/mol. The number of nitrogens with zero attached hydrogens (tertiary/aromatic N) is 2. The van der Waals surface area contributed by atoms with Crippen molar-refractivity contribution < 1.29 is 0 Å². The molecule has 0 atom stereocenters. The first-order valence-electron chi connectivity index (χ1n) is 5.52. The van der Waals surface area contributed by atoms with Crippen molar-refractivity contribution in [2.45, 2.75) is 32.6 Å². The second kappa shape index (κ2) is 5.12. The summed E-state index contributed by atoms with van der Waals surface area (Å²) in [5, 5.41) is 3.29. The lowest BCUT2D eigenvalue weighted by Crippen LogP contribution is -2.19. The SMILES string of the molecule is CC(C)(C)c1nc(N)ncc1NCCCN. The van der Waals surface area contributed by atoms with Crippen LogP contribution in [0.5, 0.6) is 0 Å². The van der Waals surface area contributed by atoms with E-state index in [1.807, 2.05) is 0 Å². The number of anilines is 2. The first-order chi connectivity index (χ1) is 7.45. The molecule has 0 aliphatic carbocycles. The van der Waals surface area contributed by atoms with Crippen LogP contribution in [-0.2, 0) is 5.41 Å². The van der Waals surface area contributed by atoms with Crippen molar-refractivity contribution in [2.75, 3.05) is 24.1 Å². The van der Waals surface area contributed by atoms with Gasteiger partial charge in [-0.05, 0) is 13.0 Å². The quantitative estimate of drug-likeness (QED) is 0.665. The van der Waals surface area contributed by atoms with Crippen LogP contribution >= 0.6 is 0 Å². The van der Waals surface area contributed by atoms with Gasteiger partial charge in [0.25, 0.3) is 0 Å². The highest BCUT2D eigenvalue weighted by Crippen LogP contribution is 2.27. The Bertz CT molecular complexity index is 343. The summed E-state index contributed by atoms with van der Waals surface area (Å²) >= 11 is 0. The van der Waals surface area contributed by atoms with Gasteiger partial charge in [0.2, 0.25) is 5.95 Å². The zero-order valence-electron chi connectivity index (χ0n) is 10.2. The van der Waals surface area contributed by atoms with E-state index in [4.69, 9.17) is 11.5 Å². The van der Waals surface area contributed by atoms with Gasteiger partial charge < -0.3 is 16.8 Å². The molecule has 16 heavy (non-hydrogen) atoms. The summed E-state index contributed by atoms with van der Waals surface area (Å²) in [4.78, 5) is 8.30. The molecule has 5 nitrogen and oxygen atoms in total. The van der Waals surface area contributed by atoms with Gasteiger partial charge in [0.1, 0.15) is 0 Å². The van der Waals surface area contributed by atoms with Gasteiger partial charge in [0.15, 0.2) is 0 Å². The molecule has 0 fully saturated rings. The van der Waals surface area contributed by atoms with Crippen molar-refractivity contribution in [1.29, 1.82) is 0 Å². The molecule has 1 aromatic heterocycles. The van der Waals surface area contributed by atoms with E-state index in [2.05, 4.69) is 36.1 Å². The fraction of sp³-hybridized carbons (Fsp3) is 0.636. The van der Waals surface area contributed by atoms with Crippen LogP contribution in [-0.4, -0.2) is 23.1 Å². The second-order valence-electron chi connectivity index (χ2n) is 4.81. The Labute approximate surface area is 96.7 Å². The van der Waals surface area contributed by atoms with E-state index in [1.54, 1.807) is 6.20 Å². The van der Waals surface area contributed by atoms with Gasteiger partial charge in [-0.15, -0.1) is 0 Å². The van der Waals surface area contributed by atoms with E-state index in [-0.39, 0.29) is 5.41 Å². The van der Waals surface area contributed by atoms with E-state index in [9.17, 15) is 0 Å². The molecule has 90 valence electrons. The summed E-state index contributed by atoms with van der Waals surface area (Å²) in [5.74, 6) is 0.314. The lowest BCUT2D eigenvalue weighted by Gasteiger charge is -2.21. The Morgan fingerprint density at radius 1 is 1.38 bits per heavy atom. The van der Waals surface area contributed by atoms with Crippen molar-refractivity contribution in [3.63, 3.8) is 0 Å². The first-order valence-corrected chi connectivity index (χ1v) is 5.52. The highest BCUT2D eigenvalue weighted by atomic mass is 15.0. The van der Waals surface area contributed by atoms with E-state index >= 15 is 0 Å². The third-order valence-electron chi connectivity index (χ3n) is 2.21. The smallest absolute Gasteiger partial charge is 0.220 e. The van der Waals surface area contributed by atoms with Crippen molar-refractivity contribution in [3.05, 3.63) is 11.9 Å². The Balaban J connectivity index is 2.90. The minimum absolute atomic E-state index is 0.0535. The minimum atomic E-state index is -0.0535. The highest BCUT2D eigenvalue weighted by Gasteiger charge is 2.20. The number of hydrogen-bond donors (Lipinski definition) is 3. The van der Waals surface area contributed by atoms with Gasteiger partial charge in [-0.3, -0.25) is 0 Å². The molecule has 0 radical (unpaired) electrons. The first kappa shape index (κ1) is 12.7. The normalized spacial score (nSPS) is 11.5. The fourth-order valence-electron chi connectivity index (χ4n) is 1.42. The standard InChI is InChI=1S/C11H21N5/c1-11(2,3)9-8(14-6-4-5-12)7-15-10(13)16-9/h7,14H,4-6,12H2,1-3H3,(H2,13,15,16). The molecular weight excluding hydrogens is 202 g/mol.